The molecule has 3 aliphatic heterocycles. The first-order chi connectivity index (χ1) is 16.4. The maximum absolute atomic E-state index is 13.5. The average Bonchev–Trinajstić information content (AvgIpc) is 3.33. The predicted molar refractivity (Wildman–Crippen MR) is 110 cm³/mol. The molecule has 186 valence electrons. The quantitative estimate of drug-likeness (QED) is 0.246. The number of nitrogens with zero attached hydrogens (tertiary/aromatic N) is 2. The van der Waals surface area contributed by atoms with Gasteiger partial charge in [0.15, 0.2) is 6.79 Å². The Kier molecular flexibility index (Phi) is 5.99. The lowest BCUT2D eigenvalue weighted by Gasteiger charge is -2.28. The van der Waals surface area contributed by atoms with Crippen molar-refractivity contribution in [3.8, 4) is 6.07 Å². The van der Waals surface area contributed by atoms with E-state index >= 15 is 0 Å². The minimum atomic E-state index is -4.87. The average molecular weight is 494 g/mol. The summed E-state index contributed by atoms with van der Waals surface area (Å²) in [5, 5.41) is 9.02. The number of benzene rings is 1. The summed E-state index contributed by atoms with van der Waals surface area (Å²) in [6, 6.07) is 4.08. The number of hydrogen-bond donors (Lipinski definition) is 0. The number of nitriles is 1. The Morgan fingerprint density at radius 3 is 2.51 bits per heavy atom. The van der Waals surface area contributed by atoms with Crippen molar-refractivity contribution in [2.24, 2.45) is 11.8 Å². The number of methoxy groups -OCH3 is 1. The van der Waals surface area contributed by atoms with Gasteiger partial charge in [0.2, 0.25) is 11.8 Å². The van der Waals surface area contributed by atoms with E-state index < -0.39 is 58.1 Å². The van der Waals surface area contributed by atoms with Gasteiger partial charge in [0, 0.05) is 7.11 Å². The van der Waals surface area contributed by atoms with E-state index in [-0.39, 0.29) is 24.7 Å². The van der Waals surface area contributed by atoms with Crippen LogP contribution in [0.3, 0.4) is 0 Å². The van der Waals surface area contributed by atoms with Crippen LogP contribution >= 0.6 is 0 Å². The van der Waals surface area contributed by atoms with Crippen LogP contribution in [0.2, 0.25) is 0 Å². The molecule has 0 aliphatic carbocycles. The van der Waals surface area contributed by atoms with Crippen molar-refractivity contribution in [3.05, 3.63) is 41.0 Å². The van der Waals surface area contributed by atoms with E-state index in [0.717, 1.165) is 12.1 Å². The number of rotatable bonds is 7. The fraction of sp³-hybridized carbons (Fsp3) is 0.478. The molecule has 2 amide bonds. The van der Waals surface area contributed by atoms with Crippen LogP contribution in [0.5, 0.6) is 0 Å². The molecule has 2 bridgehead atoms. The van der Waals surface area contributed by atoms with Gasteiger partial charge in [-0.3, -0.25) is 9.59 Å². The van der Waals surface area contributed by atoms with E-state index in [9.17, 15) is 27.6 Å². The highest BCUT2D eigenvalue weighted by Gasteiger charge is 2.74. The van der Waals surface area contributed by atoms with E-state index in [1.54, 1.807) is 0 Å². The third-order valence-electron chi connectivity index (χ3n) is 6.53. The van der Waals surface area contributed by atoms with Gasteiger partial charge in [-0.15, -0.1) is 0 Å². The number of halogens is 3. The largest absolute Gasteiger partial charge is 0.435 e. The molecule has 2 fully saturated rings. The summed E-state index contributed by atoms with van der Waals surface area (Å²) < 4.78 is 61.4. The molecule has 12 heteroatoms. The maximum Gasteiger partial charge on any atom is 0.417 e. The molecular formula is C23H21F3N2O7. The lowest BCUT2D eigenvalue weighted by atomic mass is 9.69. The van der Waals surface area contributed by atoms with E-state index in [1.807, 2.05) is 0 Å². The minimum absolute atomic E-state index is 0.0235. The van der Waals surface area contributed by atoms with Crippen LogP contribution in [0.25, 0.3) is 0 Å². The van der Waals surface area contributed by atoms with Gasteiger partial charge in [-0.05, 0) is 38.1 Å². The molecule has 1 aromatic rings. The second-order valence-corrected chi connectivity index (χ2v) is 8.71. The van der Waals surface area contributed by atoms with Crippen molar-refractivity contribution in [2.75, 3.05) is 32.0 Å². The van der Waals surface area contributed by atoms with Gasteiger partial charge in [-0.2, -0.15) is 18.4 Å². The highest BCUT2D eigenvalue weighted by atomic mass is 19.4. The number of alkyl halides is 3. The van der Waals surface area contributed by atoms with Gasteiger partial charge in [-0.1, -0.05) is 0 Å². The molecule has 0 aromatic heterocycles. The number of amides is 2. The maximum atomic E-state index is 13.5. The third kappa shape index (κ3) is 3.80. The van der Waals surface area contributed by atoms with Crippen molar-refractivity contribution < 1.29 is 46.5 Å². The van der Waals surface area contributed by atoms with E-state index in [2.05, 4.69) is 0 Å². The molecule has 3 heterocycles. The van der Waals surface area contributed by atoms with Crippen LogP contribution in [-0.2, 0) is 39.5 Å². The lowest BCUT2D eigenvalue weighted by Crippen LogP contribution is -2.43. The Morgan fingerprint density at radius 2 is 1.89 bits per heavy atom. The zero-order valence-electron chi connectivity index (χ0n) is 19.0. The minimum Gasteiger partial charge on any atom is -0.435 e. The molecule has 9 nitrogen and oxygen atoms in total. The van der Waals surface area contributed by atoms with Crippen molar-refractivity contribution in [1.29, 1.82) is 5.26 Å². The first-order valence-electron chi connectivity index (χ1n) is 10.6. The summed E-state index contributed by atoms with van der Waals surface area (Å²) in [6.45, 7) is 3.10. The normalized spacial score (nSPS) is 29.3. The highest BCUT2D eigenvalue weighted by Crippen LogP contribution is 2.60. The van der Waals surface area contributed by atoms with Gasteiger partial charge in [0.1, 0.15) is 5.60 Å². The number of hydrogen-bond acceptors (Lipinski definition) is 8. The third-order valence-corrected chi connectivity index (χ3v) is 6.53. The van der Waals surface area contributed by atoms with Crippen LogP contribution in [0, 0.1) is 23.2 Å². The zero-order chi connectivity index (χ0) is 25.8. The first-order valence-corrected chi connectivity index (χ1v) is 10.6. The first kappa shape index (κ1) is 24.8. The summed E-state index contributed by atoms with van der Waals surface area (Å²) in [5.41, 5.74) is -5.08. The number of ether oxygens (including phenoxy) is 4. The Hall–Kier alpha value is -3.27. The standard InChI is InChI=1S/C23H21F3N2O7/c1-21-9-15(20(31)34-11-33-7-6-32-3)22(2,35-21)17-16(21)18(29)28(19(17)30)13-5-4-12(10-27)14(8-13)23(24,25)26/h4-5,8-9,16-17H,6-7,11H2,1-3H3/t16-,17+,21-,22+/m0/s1. The molecular weight excluding hydrogens is 473 g/mol. The number of imide groups is 1. The molecule has 0 spiro atoms. The molecule has 1 aromatic carbocycles. The molecule has 0 unspecified atom stereocenters. The van der Waals surface area contributed by atoms with Crippen LogP contribution in [0.4, 0.5) is 18.9 Å². The molecule has 0 radical (unpaired) electrons. The molecule has 0 saturated carbocycles. The van der Waals surface area contributed by atoms with Crippen molar-refractivity contribution >= 4 is 23.5 Å². The Labute approximate surface area is 198 Å². The number of fused-ring (bicyclic) bond motifs is 5. The summed E-state index contributed by atoms with van der Waals surface area (Å²) in [7, 11) is 1.48. The molecule has 0 N–H and O–H groups in total. The van der Waals surface area contributed by atoms with E-state index in [1.165, 1.54) is 33.1 Å². The molecule has 4 rings (SSSR count). The second kappa shape index (κ2) is 8.44. The van der Waals surface area contributed by atoms with Gasteiger partial charge < -0.3 is 18.9 Å². The topological polar surface area (TPSA) is 115 Å². The summed E-state index contributed by atoms with van der Waals surface area (Å²) >= 11 is 0. The Balaban J connectivity index is 1.63. The molecule has 4 atom stereocenters. The van der Waals surface area contributed by atoms with Gasteiger partial charge >= 0.3 is 12.1 Å². The zero-order valence-corrected chi connectivity index (χ0v) is 19.0. The number of carbonyl (C=O) groups is 3. The van der Waals surface area contributed by atoms with Crippen molar-refractivity contribution in [3.63, 3.8) is 0 Å². The van der Waals surface area contributed by atoms with E-state index in [4.69, 9.17) is 24.2 Å². The predicted octanol–water partition coefficient (Wildman–Crippen LogP) is 2.33. The van der Waals surface area contributed by atoms with Crippen molar-refractivity contribution in [1.82, 2.24) is 0 Å². The van der Waals surface area contributed by atoms with Crippen molar-refractivity contribution in [2.45, 2.75) is 31.2 Å². The van der Waals surface area contributed by atoms with Crippen LogP contribution in [0.15, 0.2) is 29.8 Å². The van der Waals surface area contributed by atoms with Gasteiger partial charge in [-0.25, -0.2) is 9.69 Å². The number of anilines is 1. The number of esters is 1. The molecule has 2 saturated heterocycles. The molecule has 3 aliphatic rings. The monoisotopic (exact) mass is 494 g/mol. The summed E-state index contributed by atoms with van der Waals surface area (Å²) in [4.78, 5) is 40.1. The fourth-order valence-corrected chi connectivity index (χ4v) is 5.05. The SMILES string of the molecule is COCCOCOC(=O)C1=C[C@]2(C)O[C@@]1(C)[C@H]1C(=O)N(c3ccc(C#N)c(C(F)(F)F)c3)C(=O)[C@H]12. The number of carbonyl (C=O) groups excluding carboxylic acids is 3. The highest BCUT2D eigenvalue weighted by molar-refractivity contribution is 6.24. The van der Waals surface area contributed by atoms with Gasteiger partial charge in [0.25, 0.3) is 0 Å². The fourth-order valence-electron chi connectivity index (χ4n) is 5.05. The summed E-state index contributed by atoms with van der Waals surface area (Å²) in [6.07, 6.45) is -3.45. The van der Waals surface area contributed by atoms with Crippen LogP contribution < -0.4 is 4.90 Å². The van der Waals surface area contributed by atoms with Crippen LogP contribution in [-0.4, -0.2) is 56.1 Å². The van der Waals surface area contributed by atoms with Crippen LogP contribution in [0.1, 0.15) is 25.0 Å². The molecule has 35 heavy (non-hydrogen) atoms. The van der Waals surface area contributed by atoms with Gasteiger partial charge in [0.05, 0.1) is 59.1 Å². The Bertz CT molecular complexity index is 1170. The Morgan fingerprint density at radius 1 is 1.20 bits per heavy atom. The second-order valence-electron chi connectivity index (χ2n) is 8.71. The lowest BCUT2D eigenvalue weighted by molar-refractivity contribution is -0.155. The van der Waals surface area contributed by atoms with E-state index in [0.29, 0.717) is 17.6 Å². The smallest absolute Gasteiger partial charge is 0.417 e. The summed E-state index contributed by atoms with van der Waals surface area (Å²) in [5.74, 6) is -4.58.